The molecule has 4 heteroatoms. The van der Waals surface area contributed by atoms with Gasteiger partial charge in [0, 0.05) is 31.8 Å². The molecule has 0 amide bonds. The Kier molecular flexibility index (Phi) is 4.13. The second kappa shape index (κ2) is 5.86. The van der Waals surface area contributed by atoms with Crippen LogP contribution in [-0.2, 0) is 13.0 Å². The van der Waals surface area contributed by atoms with Crippen LogP contribution >= 0.6 is 0 Å². The maximum Gasteiger partial charge on any atom is 0.109 e. The average molecular weight is 277 g/mol. The highest BCUT2D eigenvalue weighted by atomic mass is 16.3. The summed E-state index contributed by atoms with van der Waals surface area (Å²) < 4.78 is 2.31. The number of piperidine rings is 1. The first kappa shape index (κ1) is 14.1. The third kappa shape index (κ3) is 2.63. The molecule has 0 spiro atoms. The summed E-state index contributed by atoms with van der Waals surface area (Å²) in [6.07, 6.45) is 8.15. The largest absolute Gasteiger partial charge is 0.396 e. The number of aromatic nitrogens is 2. The fourth-order valence-corrected chi connectivity index (χ4v) is 3.72. The SMILES string of the molecule is CC(C)N1CCCCC1c1cn2c(n1)CC(CO)CC2. The van der Waals surface area contributed by atoms with E-state index < -0.39 is 0 Å². The second-order valence-electron chi connectivity index (χ2n) is 6.66. The Labute approximate surface area is 121 Å². The summed E-state index contributed by atoms with van der Waals surface area (Å²) in [6, 6.07) is 1.08. The molecule has 1 fully saturated rings. The Bertz CT molecular complexity index is 455. The van der Waals surface area contributed by atoms with E-state index in [-0.39, 0.29) is 0 Å². The van der Waals surface area contributed by atoms with Crippen LogP contribution in [0.25, 0.3) is 0 Å². The summed E-state index contributed by atoms with van der Waals surface area (Å²) in [5.41, 5.74) is 1.26. The number of nitrogens with zero attached hydrogens (tertiary/aromatic N) is 3. The van der Waals surface area contributed by atoms with Crippen molar-refractivity contribution in [2.45, 2.75) is 64.6 Å². The molecule has 1 N–H and O–H groups in total. The van der Waals surface area contributed by atoms with Crippen molar-refractivity contribution in [2.75, 3.05) is 13.2 Å². The average Bonchev–Trinajstić information content (AvgIpc) is 2.89. The van der Waals surface area contributed by atoms with Crippen molar-refractivity contribution in [3.8, 4) is 0 Å². The van der Waals surface area contributed by atoms with E-state index in [1.807, 2.05) is 0 Å². The Morgan fingerprint density at radius 1 is 1.30 bits per heavy atom. The number of likely N-dealkylation sites (tertiary alicyclic amines) is 1. The molecular formula is C16H27N3O. The van der Waals surface area contributed by atoms with Crippen LogP contribution in [0.1, 0.15) is 57.1 Å². The molecule has 3 rings (SSSR count). The molecule has 2 aliphatic rings. The number of aliphatic hydroxyl groups excluding tert-OH is 1. The predicted octanol–water partition coefficient (Wildman–Crippen LogP) is 2.37. The third-order valence-corrected chi connectivity index (χ3v) is 4.93. The number of fused-ring (bicyclic) bond motifs is 1. The minimum absolute atomic E-state index is 0.295. The van der Waals surface area contributed by atoms with Crippen molar-refractivity contribution in [2.24, 2.45) is 5.92 Å². The first-order chi connectivity index (χ1) is 9.69. The molecule has 3 heterocycles. The fourth-order valence-electron chi connectivity index (χ4n) is 3.72. The topological polar surface area (TPSA) is 41.3 Å². The van der Waals surface area contributed by atoms with Gasteiger partial charge in [0.1, 0.15) is 5.82 Å². The molecular weight excluding hydrogens is 250 g/mol. The smallest absolute Gasteiger partial charge is 0.109 e. The van der Waals surface area contributed by atoms with Gasteiger partial charge in [0.15, 0.2) is 0 Å². The van der Waals surface area contributed by atoms with E-state index in [9.17, 15) is 5.11 Å². The van der Waals surface area contributed by atoms with Crippen molar-refractivity contribution >= 4 is 0 Å². The Morgan fingerprint density at radius 3 is 2.90 bits per heavy atom. The summed E-state index contributed by atoms with van der Waals surface area (Å²) in [7, 11) is 0. The van der Waals surface area contributed by atoms with Gasteiger partial charge < -0.3 is 9.67 Å². The Hall–Kier alpha value is -0.870. The molecule has 1 aromatic heterocycles. The highest BCUT2D eigenvalue weighted by Gasteiger charge is 2.29. The van der Waals surface area contributed by atoms with Crippen LogP contribution in [0.2, 0.25) is 0 Å². The first-order valence-corrected chi connectivity index (χ1v) is 8.11. The van der Waals surface area contributed by atoms with Gasteiger partial charge in [0.25, 0.3) is 0 Å². The van der Waals surface area contributed by atoms with Crippen LogP contribution < -0.4 is 0 Å². The molecule has 1 saturated heterocycles. The van der Waals surface area contributed by atoms with Gasteiger partial charge in [-0.15, -0.1) is 0 Å². The van der Waals surface area contributed by atoms with E-state index >= 15 is 0 Å². The highest BCUT2D eigenvalue weighted by Crippen LogP contribution is 2.33. The number of imidazole rings is 1. The number of hydrogen-bond acceptors (Lipinski definition) is 3. The van der Waals surface area contributed by atoms with Crippen molar-refractivity contribution in [3.63, 3.8) is 0 Å². The molecule has 2 atom stereocenters. The van der Waals surface area contributed by atoms with Gasteiger partial charge in [-0.1, -0.05) is 6.42 Å². The third-order valence-electron chi connectivity index (χ3n) is 4.93. The minimum atomic E-state index is 0.295. The number of aryl methyl sites for hydroxylation is 1. The van der Waals surface area contributed by atoms with Gasteiger partial charge in [-0.2, -0.15) is 0 Å². The van der Waals surface area contributed by atoms with E-state index in [0.29, 0.717) is 24.6 Å². The maximum absolute atomic E-state index is 9.34. The van der Waals surface area contributed by atoms with Crippen LogP contribution in [-0.4, -0.2) is 38.8 Å². The minimum Gasteiger partial charge on any atom is -0.396 e. The van der Waals surface area contributed by atoms with Crippen molar-refractivity contribution in [1.82, 2.24) is 14.5 Å². The van der Waals surface area contributed by atoms with Crippen molar-refractivity contribution in [1.29, 1.82) is 0 Å². The molecule has 4 nitrogen and oxygen atoms in total. The molecule has 0 radical (unpaired) electrons. The Balaban J connectivity index is 1.81. The van der Waals surface area contributed by atoms with Crippen LogP contribution in [0, 0.1) is 5.92 Å². The van der Waals surface area contributed by atoms with Crippen LogP contribution in [0.4, 0.5) is 0 Å². The van der Waals surface area contributed by atoms with Gasteiger partial charge in [-0.25, -0.2) is 4.98 Å². The lowest BCUT2D eigenvalue weighted by Crippen LogP contribution is -2.38. The zero-order chi connectivity index (χ0) is 14.1. The quantitative estimate of drug-likeness (QED) is 0.922. The molecule has 2 unspecified atom stereocenters. The summed E-state index contributed by atoms with van der Waals surface area (Å²) in [5.74, 6) is 1.59. The van der Waals surface area contributed by atoms with Gasteiger partial charge in [-0.3, -0.25) is 4.90 Å². The van der Waals surface area contributed by atoms with E-state index in [0.717, 1.165) is 19.4 Å². The number of rotatable bonds is 3. The second-order valence-corrected chi connectivity index (χ2v) is 6.66. The summed E-state index contributed by atoms with van der Waals surface area (Å²) in [5, 5.41) is 9.34. The van der Waals surface area contributed by atoms with Crippen molar-refractivity contribution < 1.29 is 5.11 Å². The van der Waals surface area contributed by atoms with Gasteiger partial charge in [-0.05, 0) is 45.6 Å². The van der Waals surface area contributed by atoms with E-state index in [2.05, 4.69) is 29.5 Å². The van der Waals surface area contributed by atoms with Gasteiger partial charge >= 0.3 is 0 Å². The zero-order valence-corrected chi connectivity index (χ0v) is 12.8. The Morgan fingerprint density at radius 2 is 2.15 bits per heavy atom. The highest BCUT2D eigenvalue weighted by molar-refractivity contribution is 5.12. The lowest BCUT2D eigenvalue weighted by molar-refractivity contribution is 0.109. The standard InChI is InChI=1S/C16H27N3O/c1-12(2)19-7-4-3-5-15(19)14-10-18-8-6-13(11-20)9-16(18)17-14/h10,12-13,15,20H,3-9,11H2,1-2H3. The normalized spacial score (nSPS) is 27.8. The molecule has 112 valence electrons. The van der Waals surface area contributed by atoms with E-state index in [1.165, 1.54) is 37.3 Å². The molecule has 1 aromatic rings. The number of hydrogen-bond donors (Lipinski definition) is 1. The summed E-state index contributed by atoms with van der Waals surface area (Å²) in [4.78, 5) is 7.51. The van der Waals surface area contributed by atoms with E-state index in [4.69, 9.17) is 4.98 Å². The van der Waals surface area contributed by atoms with Crippen LogP contribution in [0.3, 0.4) is 0 Å². The van der Waals surface area contributed by atoms with Crippen molar-refractivity contribution in [3.05, 3.63) is 17.7 Å². The predicted molar refractivity (Wildman–Crippen MR) is 79.6 cm³/mol. The molecule has 0 saturated carbocycles. The fraction of sp³-hybridized carbons (Fsp3) is 0.812. The van der Waals surface area contributed by atoms with Crippen LogP contribution in [0.15, 0.2) is 6.20 Å². The summed E-state index contributed by atoms with van der Waals surface area (Å²) in [6.45, 7) is 7.09. The molecule has 0 aromatic carbocycles. The lowest BCUT2D eigenvalue weighted by Gasteiger charge is -2.37. The molecule has 0 aliphatic carbocycles. The van der Waals surface area contributed by atoms with Crippen LogP contribution in [0.5, 0.6) is 0 Å². The molecule has 20 heavy (non-hydrogen) atoms. The first-order valence-electron chi connectivity index (χ1n) is 8.11. The monoisotopic (exact) mass is 277 g/mol. The zero-order valence-electron chi connectivity index (χ0n) is 12.8. The number of aliphatic hydroxyl groups is 1. The lowest BCUT2D eigenvalue weighted by atomic mass is 9.98. The van der Waals surface area contributed by atoms with E-state index in [1.54, 1.807) is 0 Å². The van der Waals surface area contributed by atoms with Gasteiger partial charge in [0.2, 0.25) is 0 Å². The summed E-state index contributed by atoms with van der Waals surface area (Å²) >= 11 is 0. The molecule has 2 aliphatic heterocycles. The molecule has 0 bridgehead atoms. The maximum atomic E-state index is 9.34. The van der Waals surface area contributed by atoms with Gasteiger partial charge in [0.05, 0.1) is 11.7 Å².